The molecule has 0 saturated carbocycles. The Bertz CT molecular complexity index is 1370. The van der Waals surface area contributed by atoms with Gasteiger partial charge in [-0.15, -0.1) is 0 Å². The lowest BCUT2D eigenvalue weighted by Crippen LogP contribution is -2.41. The zero-order valence-corrected chi connectivity index (χ0v) is 34.0. The van der Waals surface area contributed by atoms with Gasteiger partial charge < -0.3 is 14.8 Å². The highest BCUT2D eigenvalue weighted by molar-refractivity contribution is 6.26. The van der Waals surface area contributed by atoms with Crippen molar-refractivity contribution in [1.82, 2.24) is 4.90 Å². The molecule has 2 amide bonds. The maximum atomic E-state index is 13.5. The third kappa shape index (κ3) is 16.9. The van der Waals surface area contributed by atoms with Gasteiger partial charge in [0.25, 0.3) is 11.8 Å². The highest BCUT2D eigenvalue weighted by Gasteiger charge is 2.33. The number of rotatable bonds is 33. The molecule has 0 fully saturated rings. The molecule has 0 bridgehead atoms. The highest BCUT2D eigenvalue weighted by atomic mass is 16.5. The molecule has 0 atom stereocenters. The van der Waals surface area contributed by atoms with Gasteiger partial charge in [0.1, 0.15) is 0 Å². The van der Waals surface area contributed by atoms with Crippen molar-refractivity contribution in [3.8, 4) is 0 Å². The van der Waals surface area contributed by atoms with Crippen LogP contribution in [0.1, 0.15) is 202 Å². The van der Waals surface area contributed by atoms with Crippen LogP contribution in [0.25, 0.3) is 10.8 Å². The van der Waals surface area contributed by atoms with Gasteiger partial charge in [-0.3, -0.25) is 24.1 Å². The summed E-state index contributed by atoms with van der Waals surface area (Å²) in [5.74, 6) is -0.999. The van der Waals surface area contributed by atoms with Crippen LogP contribution in [0.3, 0.4) is 0 Å². The Morgan fingerprint density at radius 2 is 0.981 bits per heavy atom. The van der Waals surface area contributed by atoms with Crippen LogP contribution in [0.4, 0.5) is 5.69 Å². The maximum absolute atomic E-state index is 13.5. The van der Waals surface area contributed by atoms with Gasteiger partial charge in [-0.2, -0.15) is 0 Å². The van der Waals surface area contributed by atoms with Crippen LogP contribution in [0.5, 0.6) is 0 Å². The van der Waals surface area contributed by atoms with Gasteiger partial charge in [0.15, 0.2) is 0 Å². The van der Waals surface area contributed by atoms with Gasteiger partial charge in [0, 0.05) is 53.5 Å². The van der Waals surface area contributed by atoms with Crippen LogP contribution in [0.15, 0.2) is 30.3 Å². The molecule has 3 rings (SSSR count). The molecule has 0 radical (unpaired) electrons. The minimum Gasteiger partial charge on any atom is -0.466 e. The van der Waals surface area contributed by atoms with Crippen molar-refractivity contribution in [1.29, 1.82) is 0 Å². The number of imide groups is 1. The molecule has 1 aliphatic rings. The van der Waals surface area contributed by atoms with Crippen molar-refractivity contribution in [2.45, 2.75) is 181 Å². The summed E-state index contributed by atoms with van der Waals surface area (Å²) in [5.41, 5.74) is 1.83. The van der Waals surface area contributed by atoms with E-state index in [-0.39, 0.29) is 36.9 Å². The average molecular weight is 749 g/mol. The molecule has 54 heavy (non-hydrogen) atoms. The van der Waals surface area contributed by atoms with Gasteiger partial charge in [-0.1, -0.05) is 154 Å². The molecule has 2 aromatic rings. The van der Waals surface area contributed by atoms with Crippen molar-refractivity contribution < 1.29 is 28.7 Å². The monoisotopic (exact) mass is 749 g/mol. The third-order valence-electron chi connectivity index (χ3n) is 10.6. The minimum absolute atomic E-state index is 0.133. The summed E-state index contributed by atoms with van der Waals surface area (Å²) in [6.07, 6.45) is 29.2. The van der Waals surface area contributed by atoms with Gasteiger partial charge in [-0.25, -0.2) is 0 Å². The number of ether oxygens (including phenoxy) is 2. The van der Waals surface area contributed by atoms with Crippen LogP contribution in [0, 0.1) is 0 Å². The van der Waals surface area contributed by atoms with E-state index in [2.05, 4.69) is 19.2 Å². The smallest absolute Gasteiger partial charge is 0.305 e. The second-order valence-electron chi connectivity index (χ2n) is 15.3. The Morgan fingerprint density at radius 1 is 0.537 bits per heavy atom. The Morgan fingerprint density at radius 3 is 1.48 bits per heavy atom. The predicted molar refractivity (Wildman–Crippen MR) is 221 cm³/mol. The first-order valence-electron chi connectivity index (χ1n) is 21.9. The Labute approximate surface area is 326 Å². The number of esters is 2. The van der Waals surface area contributed by atoms with Crippen molar-refractivity contribution in [2.24, 2.45) is 0 Å². The summed E-state index contributed by atoms with van der Waals surface area (Å²) >= 11 is 0. The molecule has 302 valence electrons. The van der Waals surface area contributed by atoms with Crippen molar-refractivity contribution in [2.75, 3.05) is 31.6 Å². The number of benzene rings is 2. The molecule has 0 spiro atoms. The van der Waals surface area contributed by atoms with Crippen LogP contribution < -0.4 is 5.32 Å². The Hall–Kier alpha value is -3.42. The quantitative estimate of drug-likeness (QED) is 0.0440. The standard InChI is InChI=1S/C46H72N2O6/c1-3-5-7-9-11-13-15-17-19-21-23-30-42(49)53-36-26-34-47-41-33-32-40-44-38(41)28-25-29-39(44)45(51)48(46(40)52)35-27-37-54-43(50)31-24-22-20-18-16-14-12-10-8-6-4-2/h25,28-29,32-33,47H,3-24,26-27,30-31,34-37H2,1-2H3. The zero-order chi connectivity index (χ0) is 38.6. The van der Waals surface area contributed by atoms with E-state index in [1.54, 1.807) is 12.1 Å². The fourth-order valence-electron chi connectivity index (χ4n) is 7.40. The molecule has 0 aromatic heterocycles. The van der Waals surface area contributed by atoms with Gasteiger partial charge in [-0.05, 0) is 43.9 Å². The number of anilines is 1. The average Bonchev–Trinajstić information content (AvgIpc) is 3.17. The van der Waals surface area contributed by atoms with Gasteiger partial charge in [0.2, 0.25) is 0 Å². The number of carbonyl (C=O) groups excluding carboxylic acids is 4. The van der Waals surface area contributed by atoms with Crippen molar-refractivity contribution in [3.05, 3.63) is 41.5 Å². The molecule has 1 N–H and O–H groups in total. The van der Waals surface area contributed by atoms with Crippen LogP contribution in [-0.2, 0) is 19.1 Å². The first-order valence-corrected chi connectivity index (χ1v) is 21.9. The van der Waals surface area contributed by atoms with Gasteiger partial charge in [0.05, 0.1) is 13.2 Å². The molecule has 1 heterocycles. The van der Waals surface area contributed by atoms with E-state index >= 15 is 0 Å². The number of hydrogen-bond acceptors (Lipinski definition) is 7. The number of nitrogens with zero attached hydrogens (tertiary/aromatic N) is 1. The van der Waals surface area contributed by atoms with E-state index in [0.29, 0.717) is 55.3 Å². The number of carbonyl (C=O) groups is 4. The van der Waals surface area contributed by atoms with Crippen molar-refractivity contribution >= 4 is 40.2 Å². The van der Waals surface area contributed by atoms with E-state index in [0.717, 1.165) is 43.2 Å². The molecule has 0 saturated heterocycles. The summed E-state index contributed by atoms with van der Waals surface area (Å²) in [5, 5.41) is 4.88. The second kappa shape index (κ2) is 28.1. The maximum Gasteiger partial charge on any atom is 0.305 e. The van der Waals surface area contributed by atoms with E-state index in [1.165, 1.54) is 114 Å². The molecule has 1 aliphatic heterocycles. The fraction of sp³-hybridized carbons (Fsp3) is 0.696. The topological polar surface area (TPSA) is 102 Å². The van der Waals surface area contributed by atoms with E-state index in [9.17, 15) is 19.2 Å². The largest absolute Gasteiger partial charge is 0.466 e. The summed E-state index contributed by atoms with van der Waals surface area (Å²) < 4.78 is 10.9. The zero-order valence-electron chi connectivity index (χ0n) is 34.0. The van der Waals surface area contributed by atoms with Crippen LogP contribution in [0.2, 0.25) is 0 Å². The number of amides is 2. The van der Waals surface area contributed by atoms with E-state index < -0.39 is 0 Å². The van der Waals surface area contributed by atoms with Crippen LogP contribution >= 0.6 is 0 Å². The lowest BCUT2D eigenvalue weighted by molar-refractivity contribution is -0.144. The first kappa shape index (κ1) is 45.0. The Kier molecular flexibility index (Phi) is 23.4. The number of unbranched alkanes of at least 4 members (excludes halogenated alkanes) is 20. The number of hydrogen-bond donors (Lipinski definition) is 1. The van der Waals surface area contributed by atoms with E-state index in [4.69, 9.17) is 9.47 Å². The fourth-order valence-corrected chi connectivity index (χ4v) is 7.40. The molecule has 8 heteroatoms. The lowest BCUT2D eigenvalue weighted by Gasteiger charge is -2.28. The molecule has 0 aliphatic carbocycles. The Balaban J connectivity index is 1.28. The van der Waals surface area contributed by atoms with Gasteiger partial charge >= 0.3 is 11.9 Å². The lowest BCUT2D eigenvalue weighted by atomic mass is 9.93. The molecular weight excluding hydrogens is 677 g/mol. The summed E-state index contributed by atoms with van der Waals surface area (Å²) in [6, 6.07) is 9.18. The molecule has 0 unspecified atom stereocenters. The SMILES string of the molecule is CCCCCCCCCCCCCC(=O)OCCCNc1ccc2c3c(cccc13)C(=O)N(CCCOC(=O)CCCCCCCCCCCCC)C2=O. The van der Waals surface area contributed by atoms with E-state index in [1.807, 2.05) is 18.2 Å². The highest BCUT2D eigenvalue weighted by Crippen LogP contribution is 2.34. The van der Waals surface area contributed by atoms with Crippen LogP contribution in [-0.4, -0.2) is 55.0 Å². The normalized spacial score (nSPS) is 12.4. The molecule has 2 aromatic carbocycles. The second-order valence-corrected chi connectivity index (χ2v) is 15.3. The summed E-state index contributed by atoms with van der Waals surface area (Å²) in [7, 11) is 0. The molecular formula is C46H72N2O6. The first-order chi connectivity index (χ1) is 26.5. The number of nitrogens with one attached hydrogen (secondary N) is 1. The molecule has 8 nitrogen and oxygen atoms in total. The minimum atomic E-state index is -0.327. The summed E-state index contributed by atoms with van der Waals surface area (Å²) in [6.45, 7) is 5.82. The summed E-state index contributed by atoms with van der Waals surface area (Å²) in [4.78, 5) is 52.7. The predicted octanol–water partition coefficient (Wildman–Crippen LogP) is 12.1. The third-order valence-corrected chi connectivity index (χ3v) is 10.6. The van der Waals surface area contributed by atoms with Crippen molar-refractivity contribution in [3.63, 3.8) is 0 Å².